The van der Waals surface area contributed by atoms with Crippen LogP contribution in [0.15, 0.2) is 48.5 Å². The Balaban J connectivity index is 1.44. The molecule has 0 bridgehead atoms. The molecule has 174 valence electrons. The number of nitrogens with one attached hydrogen (secondary N) is 1. The number of hydrogen-bond donors (Lipinski definition) is 2. The van der Waals surface area contributed by atoms with E-state index in [2.05, 4.69) is 27.2 Å². The summed E-state index contributed by atoms with van der Waals surface area (Å²) in [6.45, 7) is 9.39. The quantitative estimate of drug-likeness (QED) is 0.528. The van der Waals surface area contributed by atoms with E-state index in [0.717, 1.165) is 54.5 Å². The molecule has 1 fully saturated rings. The summed E-state index contributed by atoms with van der Waals surface area (Å²) in [5.74, 6) is 1.07. The summed E-state index contributed by atoms with van der Waals surface area (Å²) in [7, 11) is 0. The summed E-state index contributed by atoms with van der Waals surface area (Å²) in [5.41, 5.74) is 7.76. The number of amides is 1. The third-order valence-corrected chi connectivity index (χ3v) is 6.32. The van der Waals surface area contributed by atoms with Gasteiger partial charge in [0.15, 0.2) is 0 Å². The number of nitrogens with two attached hydrogens (primary N) is 1. The summed E-state index contributed by atoms with van der Waals surface area (Å²) in [4.78, 5) is 26.4. The lowest BCUT2D eigenvalue weighted by molar-refractivity contribution is -0.119. The van der Waals surface area contributed by atoms with E-state index < -0.39 is 6.04 Å². The van der Waals surface area contributed by atoms with Gasteiger partial charge in [-0.25, -0.2) is 9.97 Å². The zero-order valence-electron chi connectivity index (χ0n) is 19.2. The SMILES string of the molecule is CC(C)[C@H](Nc1nc(CN2CCN(Cc3ccc(Cl)cc3)CC2)nc2ccccc12)C(N)=O. The van der Waals surface area contributed by atoms with E-state index in [4.69, 9.17) is 27.3 Å². The second kappa shape index (κ2) is 10.5. The van der Waals surface area contributed by atoms with Crippen LogP contribution in [0.25, 0.3) is 10.9 Å². The first kappa shape index (κ1) is 23.4. The maximum absolute atomic E-state index is 12.0. The number of carbonyl (C=O) groups excluding carboxylic acids is 1. The highest BCUT2D eigenvalue weighted by molar-refractivity contribution is 6.30. The Morgan fingerprint density at radius 3 is 2.27 bits per heavy atom. The fourth-order valence-electron chi connectivity index (χ4n) is 4.17. The molecule has 2 heterocycles. The molecule has 4 rings (SSSR count). The molecule has 0 radical (unpaired) electrons. The summed E-state index contributed by atoms with van der Waals surface area (Å²) >= 11 is 6.00. The highest BCUT2D eigenvalue weighted by atomic mass is 35.5. The third-order valence-electron chi connectivity index (χ3n) is 6.06. The van der Waals surface area contributed by atoms with E-state index in [0.29, 0.717) is 12.4 Å². The third kappa shape index (κ3) is 5.99. The lowest BCUT2D eigenvalue weighted by atomic mass is 10.0. The zero-order valence-corrected chi connectivity index (χ0v) is 19.9. The van der Waals surface area contributed by atoms with E-state index in [1.165, 1.54) is 5.56 Å². The second-order valence-electron chi connectivity index (χ2n) is 8.95. The van der Waals surface area contributed by atoms with Gasteiger partial charge in [-0.15, -0.1) is 0 Å². The molecule has 1 aliphatic rings. The molecule has 2 aromatic carbocycles. The first-order valence-electron chi connectivity index (χ1n) is 11.4. The molecule has 0 spiro atoms. The van der Waals surface area contributed by atoms with Crippen LogP contribution in [-0.4, -0.2) is 57.9 Å². The molecule has 0 aliphatic carbocycles. The van der Waals surface area contributed by atoms with Crippen molar-refractivity contribution < 1.29 is 4.79 Å². The van der Waals surface area contributed by atoms with Gasteiger partial charge in [0.2, 0.25) is 5.91 Å². The standard InChI is InChI=1S/C25H31ClN6O/c1-17(2)23(24(27)33)30-25-20-5-3-4-6-21(20)28-22(29-25)16-32-13-11-31(12-14-32)15-18-7-9-19(26)10-8-18/h3-10,17,23H,11-16H2,1-2H3,(H2,27,33)(H,28,29,30)/t23-/m0/s1. The Morgan fingerprint density at radius 2 is 1.64 bits per heavy atom. The number of halogens is 1. The molecule has 1 saturated heterocycles. The number of fused-ring (bicyclic) bond motifs is 1. The van der Waals surface area contributed by atoms with E-state index in [1.807, 2.05) is 50.2 Å². The van der Waals surface area contributed by atoms with Gasteiger partial charge in [0.1, 0.15) is 17.7 Å². The van der Waals surface area contributed by atoms with E-state index >= 15 is 0 Å². The minimum Gasteiger partial charge on any atom is -0.368 e. The summed E-state index contributed by atoms with van der Waals surface area (Å²) in [6.07, 6.45) is 0. The molecule has 33 heavy (non-hydrogen) atoms. The van der Waals surface area contributed by atoms with Gasteiger partial charge in [-0.1, -0.05) is 49.7 Å². The number of hydrogen-bond acceptors (Lipinski definition) is 6. The smallest absolute Gasteiger partial charge is 0.240 e. The van der Waals surface area contributed by atoms with E-state index in [1.54, 1.807) is 0 Å². The Labute approximate surface area is 199 Å². The average molecular weight is 467 g/mol. The molecule has 1 amide bonds. The number of primary amides is 1. The van der Waals surface area contributed by atoms with Crippen LogP contribution in [0.2, 0.25) is 5.02 Å². The van der Waals surface area contributed by atoms with Crippen molar-refractivity contribution >= 4 is 34.2 Å². The van der Waals surface area contributed by atoms with E-state index in [-0.39, 0.29) is 11.8 Å². The number of piperazine rings is 1. The monoisotopic (exact) mass is 466 g/mol. The Morgan fingerprint density at radius 1 is 1.00 bits per heavy atom. The average Bonchev–Trinajstić information content (AvgIpc) is 2.79. The van der Waals surface area contributed by atoms with Gasteiger partial charge in [-0.2, -0.15) is 0 Å². The number of rotatable bonds is 8. The number of benzene rings is 2. The molecule has 1 aliphatic heterocycles. The van der Waals surface area contributed by atoms with Gasteiger partial charge in [0.05, 0.1) is 12.1 Å². The minimum absolute atomic E-state index is 0.0494. The maximum atomic E-state index is 12.0. The van der Waals surface area contributed by atoms with Crippen LogP contribution in [0.3, 0.4) is 0 Å². The fraction of sp³-hybridized carbons (Fsp3) is 0.400. The van der Waals surface area contributed by atoms with Gasteiger partial charge >= 0.3 is 0 Å². The molecule has 3 N–H and O–H groups in total. The van der Waals surface area contributed by atoms with Crippen molar-refractivity contribution in [3.8, 4) is 0 Å². The molecule has 8 heteroatoms. The molecule has 3 aromatic rings. The van der Waals surface area contributed by atoms with E-state index in [9.17, 15) is 4.79 Å². The molecule has 0 unspecified atom stereocenters. The van der Waals surface area contributed by atoms with Crippen LogP contribution in [0, 0.1) is 5.92 Å². The van der Waals surface area contributed by atoms with Crippen molar-refractivity contribution in [1.29, 1.82) is 0 Å². The van der Waals surface area contributed by atoms with Crippen LogP contribution in [0.1, 0.15) is 25.2 Å². The Bertz CT molecular complexity index is 1100. The number of anilines is 1. The summed E-state index contributed by atoms with van der Waals surface area (Å²) in [5, 5.41) is 4.93. The summed E-state index contributed by atoms with van der Waals surface area (Å²) < 4.78 is 0. The largest absolute Gasteiger partial charge is 0.368 e. The molecule has 7 nitrogen and oxygen atoms in total. The Kier molecular flexibility index (Phi) is 7.42. The molecular formula is C25H31ClN6O. The first-order chi connectivity index (χ1) is 15.9. The van der Waals surface area contributed by atoms with Crippen molar-refractivity contribution in [3.63, 3.8) is 0 Å². The summed E-state index contributed by atoms with van der Waals surface area (Å²) in [6, 6.07) is 15.4. The van der Waals surface area contributed by atoms with Crippen molar-refractivity contribution in [2.24, 2.45) is 11.7 Å². The van der Waals surface area contributed by atoms with Crippen LogP contribution < -0.4 is 11.1 Å². The predicted molar refractivity (Wildman–Crippen MR) is 133 cm³/mol. The topological polar surface area (TPSA) is 87.4 Å². The second-order valence-corrected chi connectivity index (χ2v) is 9.39. The fourth-order valence-corrected chi connectivity index (χ4v) is 4.30. The van der Waals surface area contributed by atoms with Crippen LogP contribution in [-0.2, 0) is 17.9 Å². The minimum atomic E-state index is -0.493. The Hall–Kier alpha value is -2.74. The molecule has 1 aromatic heterocycles. The highest BCUT2D eigenvalue weighted by Gasteiger charge is 2.22. The van der Waals surface area contributed by atoms with Gasteiger partial charge in [0, 0.05) is 43.1 Å². The van der Waals surface area contributed by atoms with Gasteiger partial charge in [-0.05, 0) is 35.7 Å². The van der Waals surface area contributed by atoms with Crippen molar-refractivity contribution in [1.82, 2.24) is 19.8 Å². The lowest BCUT2D eigenvalue weighted by Gasteiger charge is -2.34. The highest BCUT2D eigenvalue weighted by Crippen LogP contribution is 2.23. The number of para-hydroxylation sites is 1. The predicted octanol–water partition coefficient (Wildman–Crippen LogP) is 3.52. The van der Waals surface area contributed by atoms with Crippen LogP contribution >= 0.6 is 11.6 Å². The lowest BCUT2D eigenvalue weighted by Crippen LogP contribution is -2.45. The number of nitrogens with zero attached hydrogens (tertiary/aromatic N) is 4. The first-order valence-corrected chi connectivity index (χ1v) is 11.8. The van der Waals surface area contributed by atoms with Gasteiger partial charge in [-0.3, -0.25) is 14.6 Å². The van der Waals surface area contributed by atoms with Gasteiger partial charge < -0.3 is 11.1 Å². The van der Waals surface area contributed by atoms with Gasteiger partial charge in [0.25, 0.3) is 0 Å². The maximum Gasteiger partial charge on any atom is 0.240 e. The number of carbonyl (C=O) groups is 1. The molecule has 0 saturated carbocycles. The van der Waals surface area contributed by atoms with Crippen molar-refractivity contribution in [2.75, 3.05) is 31.5 Å². The van der Waals surface area contributed by atoms with Crippen molar-refractivity contribution in [2.45, 2.75) is 33.0 Å². The molecular weight excluding hydrogens is 436 g/mol. The van der Waals surface area contributed by atoms with Crippen LogP contribution in [0.5, 0.6) is 0 Å². The molecule has 1 atom stereocenters. The number of aromatic nitrogens is 2. The normalized spacial score (nSPS) is 16.2. The zero-order chi connectivity index (χ0) is 23.4. The van der Waals surface area contributed by atoms with Crippen molar-refractivity contribution in [3.05, 3.63) is 64.9 Å². The van der Waals surface area contributed by atoms with Crippen LogP contribution in [0.4, 0.5) is 5.82 Å².